The first-order valence-electron chi connectivity index (χ1n) is 6.46. The summed E-state index contributed by atoms with van der Waals surface area (Å²) in [5.41, 5.74) is 0.774. The fraction of sp³-hybridized carbons (Fsp3) is 0.333. The molecule has 0 radical (unpaired) electrons. The Kier molecular flexibility index (Phi) is 5.17. The largest absolute Gasteiger partial charge is 0.460 e. The van der Waals surface area contributed by atoms with E-state index in [1.54, 1.807) is 12.1 Å². The molecule has 2 aromatic rings. The average Bonchev–Trinajstić information content (AvgIpc) is 2.86. The first-order valence-corrected chi connectivity index (χ1v) is 6.83. The molecule has 0 spiro atoms. The van der Waals surface area contributed by atoms with Gasteiger partial charge in [0.2, 0.25) is 0 Å². The lowest BCUT2D eigenvalue weighted by molar-refractivity contribution is 0.392. The van der Waals surface area contributed by atoms with Gasteiger partial charge in [-0.25, -0.2) is 4.39 Å². The van der Waals surface area contributed by atoms with Crippen molar-refractivity contribution in [3.63, 3.8) is 0 Å². The second kappa shape index (κ2) is 6.88. The second-order valence-electron chi connectivity index (χ2n) is 4.87. The summed E-state index contributed by atoms with van der Waals surface area (Å²) in [6, 6.07) is 8.35. The number of hydrogen-bond acceptors (Lipinski definition) is 3. The van der Waals surface area contributed by atoms with Crippen molar-refractivity contribution in [1.82, 2.24) is 10.2 Å². The molecule has 0 saturated heterocycles. The zero-order valence-corrected chi connectivity index (χ0v) is 12.4. The molecular weight excluding hydrogens is 279 g/mol. The van der Waals surface area contributed by atoms with Gasteiger partial charge in [-0.15, -0.1) is 0 Å². The zero-order valence-electron chi connectivity index (χ0n) is 11.6. The summed E-state index contributed by atoms with van der Waals surface area (Å²) >= 11 is 5.77. The molecule has 3 nitrogen and oxygen atoms in total. The average molecular weight is 297 g/mol. The minimum absolute atomic E-state index is 0.101. The van der Waals surface area contributed by atoms with Crippen molar-refractivity contribution in [3.8, 4) is 11.3 Å². The van der Waals surface area contributed by atoms with E-state index >= 15 is 0 Å². The Morgan fingerprint density at radius 3 is 2.75 bits per heavy atom. The molecule has 0 aliphatic carbocycles. The topological polar surface area (TPSA) is 28.4 Å². The molecule has 0 aliphatic rings. The number of furan rings is 1. The Morgan fingerprint density at radius 1 is 1.25 bits per heavy atom. The molecule has 0 fully saturated rings. The molecule has 1 heterocycles. The van der Waals surface area contributed by atoms with Gasteiger partial charge in [-0.3, -0.25) is 0 Å². The summed E-state index contributed by atoms with van der Waals surface area (Å²) in [4.78, 5) is 2.11. The lowest BCUT2D eigenvalue weighted by Gasteiger charge is -2.09. The van der Waals surface area contributed by atoms with Crippen LogP contribution < -0.4 is 5.32 Å². The van der Waals surface area contributed by atoms with Crippen LogP contribution in [0.5, 0.6) is 0 Å². The SMILES string of the molecule is CN(C)CCNCc1ccc(-c2ccc(F)c(Cl)c2)o1. The Balaban J connectivity index is 1.96. The van der Waals surface area contributed by atoms with Crippen LogP contribution in [0.15, 0.2) is 34.7 Å². The van der Waals surface area contributed by atoms with E-state index < -0.39 is 5.82 Å². The van der Waals surface area contributed by atoms with Gasteiger partial charge in [-0.1, -0.05) is 11.6 Å². The molecule has 0 bridgehead atoms. The minimum Gasteiger partial charge on any atom is -0.460 e. The molecule has 0 atom stereocenters. The van der Waals surface area contributed by atoms with Gasteiger partial charge in [0.1, 0.15) is 17.3 Å². The highest BCUT2D eigenvalue weighted by Crippen LogP contribution is 2.26. The summed E-state index contributed by atoms with van der Waals surface area (Å²) in [5, 5.41) is 3.40. The van der Waals surface area contributed by atoms with Gasteiger partial charge < -0.3 is 14.6 Å². The van der Waals surface area contributed by atoms with Gasteiger partial charge in [0.05, 0.1) is 11.6 Å². The van der Waals surface area contributed by atoms with Crippen molar-refractivity contribution < 1.29 is 8.81 Å². The Bertz CT molecular complexity index is 569. The molecule has 0 saturated carbocycles. The van der Waals surface area contributed by atoms with E-state index in [1.807, 2.05) is 26.2 Å². The standard InChI is InChI=1S/C15H18ClFN2O/c1-19(2)8-7-18-10-12-4-6-15(20-12)11-3-5-14(17)13(16)9-11/h3-6,9,18H,7-8,10H2,1-2H3. The van der Waals surface area contributed by atoms with Crippen molar-refractivity contribution >= 4 is 11.6 Å². The van der Waals surface area contributed by atoms with Crippen LogP contribution in [-0.4, -0.2) is 32.1 Å². The van der Waals surface area contributed by atoms with Crippen LogP contribution in [0.25, 0.3) is 11.3 Å². The van der Waals surface area contributed by atoms with Crippen molar-refractivity contribution in [2.75, 3.05) is 27.2 Å². The van der Waals surface area contributed by atoms with Gasteiger partial charge in [-0.2, -0.15) is 0 Å². The fourth-order valence-corrected chi connectivity index (χ4v) is 1.97. The van der Waals surface area contributed by atoms with Crippen molar-refractivity contribution in [2.45, 2.75) is 6.54 Å². The quantitative estimate of drug-likeness (QED) is 0.828. The number of halogens is 2. The predicted octanol–water partition coefficient (Wildman–Crippen LogP) is 3.39. The molecule has 0 unspecified atom stereocenters. The highest BCUT2D eigenvalue weighted by atomic mass is 35.5. The lowest BCUT2D eigenvalue weighted by Crippen LogP contribution is -2.25. The van der Waals surface area contributed by atoms with E-state index in [1.165, 1.54) is 6.07 Å². The highest BCUT2D eigenvalue weighted by molar-refractivity contribution is 6.31. The maximum Gasteiger partial charge on any atom is 0.141 e. The van der Waals surface area contributed by atoms with Crippen molar-refractivity contribution in [1.29, 1.82) is 0 Å². The number of nitrogens with one attached hydrogen (secondary N) is 1. The second-order valence-corrected chi connectivity index (χ2v) is 5.28. The van der Waals surface area contributed by atoms with E-state index in [0.717, 1.165) is 24.4 Å². The summed E-state index contributed by atoms with van der Waals surface area (Å²) in [6.45, 7) is 2.54. The molecule has 1 aromatic carbocycles. The number of benzene rings is 1. The Labute approximate surface area is 123 Å². The summed E-state index contributed by atoms with van der Waals surface area (Å²) in [6.07, 6.45) is 0. The summed E-state index contributed by atoms with van der Waals surface area (Å²) in [5.74, 6) is 1.11. The molecule has 2 rings (SSSR count). The number of likely N-dealkylation sites (N-methyl/N-ethyl adjacent to an activating group) is 1. The molecular formula is C15H18ClFN2O. The molecule has 108 valence electrons. The van der Waals surface area contributed by atoms with Crippen molar-refractivity contribution in [3.05, 3.63) is 46.9 Å². The molecule has 1 N–H and O–H groups in total. The van der Waals surface area contributed by atoms with Crippen LogP contribution >= 0.6 is 11.6 Å². The van der Waals surface area contributed by atoms with Gasteiger partial charge in [0.25, 0.3) is 0 Å². The molecule has 1 aromatic heterocycles. The van der Waals surface area contributed by atoms with Crippen LogP contribution in [0, 0.1) is 5.82 Å². The van der Waals surface area contributed by atoms with Gasteiger partial charge >= 0.3 is 0 Å². The van der Waals surface area contributed by atoms with Gasteiger partial charge in [-0.05, 0) is 44.4 Å². The third-order valence-corrected chi connectivity index (χ3v) is 3.19. The van der Waals surface area contributed by atoms with Gasteiger partial charge in [0, 0.05) is 18.7 Å². The summed E-state index contributed by atoms with van der Waals surface area (Å²) < 4.78 is 18.8. The zero-order chi connectivity index (χ0) is 14.5. The Morgan fingerprint density at radius 2 is 2.05 bits per heavy atom. The minimum atomic E-state index is -0.424. The van der Waals surface area contributed by atoms with E-state index in [-0.39, 0.29) is 5.02 Å². The molecule has 0 amide bonds. The third-order valence-electron chi connectivity index (χ3n) is 2.90. The highest BCUT2D eigenvalue weighted by Gasteiger charge is 2.07. The maximum absolute atomic E-state index is 13.1. The number of nitrogens with zero attached hydrogens (tertiary/aromatic N) is 1. The fourth-order valence-electron chi connectivity index (χ4n) is 1.79. The first kappa shape index (κ1) is 15.0. The van der Waals surface area contributed by atoms with E-state index in [9.17, 15) is 4.39 Å². The molecule has 20 heavy (non-hydrogen) atoms. The van der Waals surface area contributed by atoms with Crippen LogP contribution in [-0.2, 0) is 6.54 Å². The van der Waals surface area contributed by atoms with Crippen LogP contribution in [0.4, 0.5) is 4.39 Å². The monoisotopic (exact) mass is 296 g/mol. The maximum atomic E-state index is 13.1. The third kappa shape index (κ3) is 4.07. The van der Waals surface area contributed by atoms with Crippen LogP contribution in [0.1, 0.15) is 5.76 Å². The number of hydrogen-bond donors (Lipinski definition) is 1. The lowest BCUT2D eigenvalue weighted by atomic mass is 10.2. The van der Waals surface area contributed by atoms with E-state index in [0.29, 0.717) is 12.3 Å². The summed E-state index contributed by atoms with van der Waals surface area (Å²) in [7, 11) is 4.07. The van der Waals surface area contributed by atoms with E-state index in [2.05, 4.69) is 10.2 Å². The van der Waals surface area contributed by atoms with Crippen molar-refractivity contribution in [2.24, 2.45) is 0 Å². The normalized spacial score (nSPS) is 11.2. The predicted molar refractivity (Wildman–Crippen MR) is 79.4 cm³/mol. The van der Waals surface area contributed by atoms with E-state index in [4.69, 9.17) is 16.0 Å². The smallest absolute Gasteiger partial charge is 0.141 e. The van der Waals surface area contributed by atoms with Crippen LogP contribution in [0.2, 0.25) is 5.02 Å². The van der Waals surface area contributed by atoms with Crippen LogP contribution in [0.3, 0.4) is 0 Å². The first-order chi connectivity index (χ1) is 9.56. The molecule has 5 heteroatoms. The number of rotatable bonds is 6. The Hall–Kier alpha value is -1.36. The van der Waals surface area contributed by atoms with Gasteiger partial charge in [0.15, 0.2) is 0 Å². The molecule has 0 aliphatic heterocycles.